The first-order valence-electron chi connectivity index (χ1n) is 5.15. The van der Waals surface area contributed by atoms with Crippen LogP contribution in [0.4, 0.5) is 5.69 Å². The molecule has 5 nitrogen and oxygen atoms in total. The molecule has 1 N–H and O–H groups in total. The van der Waals surface area contributed by atoms with Gasteiger partial charge in [0.05, 0.1) is 11.4 Å². The minimum absolute atomic E-state index is 0.131. The number of hydrogen-bond donors (Lipinski definition) is 1. The van der Waals surface area contributed by atoms with Crippen LogP contribution >= 0.6 is 0 Å². The van der Waals surface area contributed by atoms with Crippen molar-refractivity contribution in [3.05, 3.63) is 29.8 Å². The standard InChI is InChI=1S/C11H15NO4S/c1-3-17(15,16)12(8-11(13)14)10-6-4-5-9(2)7-10/h4-7H,3,8H2,1-2H3,(H,13,14). The molecule has 0 aliphatic carbocycles. The normalized spacial score (nSPS) is 11.2. The van der Waals surface area contributed by atoms with Gasteiger partial charge in [0.2, 0.25) is 10.0 Å². The molecule has 0 saturated carbocycles. The highest BCUT2D eigenvalue weighted by Crippen LogP contribution is 2.19. The van der Waals surface area contributed by atoms with Crippen LogP contribution in [0.15, 0.2) is 24.3 Å². The molecular formula is C11H15NO4S. The molecule has 0 unspecified atom stereocenters. The van der Waals surface area contributed by atoms with Crippen molar-refractivity contribution in [3.8, 4) is 0 Å². The summed E-state index contributed by atoms with van der Waals surface area (Å²) in [5.74, 6) is -1.31. The van der Waals surface area contributed by atoms with E-state index in [1.165, 1.54) is 6.92 Å². The van der Waals surface area contributed by atoms with E-state index in [0.717, 1.165) is 9.87 Å². The van der Waals surface area contributed by atoms with E-state index in [0.29, 0.717) is 5.69 Å². The molecule has 6 heteroatoms. The fourth-order valence-corrected chi connectivity index (χ4v) is 2.47. The first kappa shape index (κ1) is 13.5. The van der Waals surface area contributed by atoms with Crippen LogP contribution in [-0.4, -0.2) is 31.8 Å². The lowest BCUT2D eigenvalue weighted by Crippen LogP contribution is -2.36. The number of nitrogens with zero attached hydrogens (tertiary/aromatic N) is 1. The zero-order valence-corrected chi connectivity index (χ0v) is 10.6. The van der Waals surface area contributed by atoms with Crippen molar-refractivity contribution in [1.29, 1.82) is 0 Å². The average Bonchev–Trinajstić information content (AvgIpc) is 2.25. The van der Waals surface area contributed by atoms with Gasteiger partial charge in [-0.15, -0.1) is 0 Å². The number of aliphatic carboxylic acids is 1. The van der Waals surface area contributed by atoms with Gasteiger partial charge in [0, 0.05) is 0 Å². The number of anilines is 1. The Morgan fingerprint density at radius 3 is 2.53 bits per heavy atom. The number of rotatable bonds is 5. The van der Waals surface area contributed by atoms with Crippen LogP contribution in [0, 0.1) is 6.92 Å². The fourth-order valence-electron chi connectivity index (χ4n) is 1.41. The van der Waals surface area contributed by atoms with E-state index >= 15 is 0 Å². The molecule has 0 bridgehead atoms. The van der Waals surface area contributed by atoms with Crippen LogP contribution in [0.5, 0.6) is 0 Å². The first-order chi connectivity index (χ1) is 7.86. The summed E-state index contributed by atoms with van der Waals surface area (Å²) < 4.78 is 24.5. The third-order valence-electron chi connectivity index (χ3n) is 2.27. The summed E-state index contributed by atoms with van der Waals surface area (Å²) >= 11 is 0. The molecule has 17 heavy (non-hydrogen) atoms. The minimum atomic E-state index is -3.57. The summed E-state index contributed by atoms with van der Waals surface area (Å²) in [7, 11) is -3.57. The maximum absolute atomic E-state index is 11.8. The Kier molecular flexibility index (Phi) is 4.11. The van der Waals surface area contributed by atoms with Gasteiger partial charge in [0.15, 0.2) is 0 Å². The molecule has 0 saturated heterocycles. The molecule has 0 fully saturated rings. The topological polar surface area (TPSA) is 74.7 Å². The second kappa shape index (κ2) is 5.18. The van der Waals surface area contributed by atoms with E-state index in [1.54, 1.807) is 18.2 Å². The van der Waals surface area contributed by atoms with Gasteiger partial charge in [-0.05, 0) is 31.5 Å². The zero-order chi connectivity index (χ0) is 13.1. The SMILES string of the molecule is CCS(=O)(=O)N(CC(=O)O)c1cccc(C)c1. The molecule has 0 aromatic heterocycles. The van der Waals surface area contributed by atoms with Gasteiger partial charge in [-0.2, -0.15) is 0 Å². The maximum atomic E-state index is 11.8. The Morgan fingerprint density at radius 2 is 2.06 bits per heavy atom. The van der Waals surface area contributed by atoms with Crippen LogP contribution < -0.4 is 4.31 Å². The van der Waals surface area contributed by atoms with E-state index in [1.807, 2.05) is 13.0 Å². The molecule has 0 atom stereocenters. The number of carboxylic acid groups (broad SMARTS) is 1. The highest BCUT2D eigenvalue weighted by atomic mass is 32.2. The zero-order valence-electron chi connectivity index (χ0n) is 9.75. The Morgan fingerprint density at radius 1 is 1.41 bits per heavy atom. The van der Waals surface area contributed by atoms with Gasteiger partial charge in [-0.3, -0.25) is 9.10 Å². The summed E-state index contributed by atoms with van der Waals surface area (Å²) in [4.78, 5) is 10.7. The third-order valence-corrected chi connectivity index (χ3v) is 4.01. The van der Waals surface area contributed by atoms with Gasteiger partial charge in [-0.25, -0.2) is 8.42 Å². The molecule has 0 spiro atoms. The van der Waals surface area contributed by atoms with Crippen molar-refractivity contribution in [2.45, 2.75) is 13.8 Å². The lowest BCUT2D eigenvalue weighted by Gasteiger charge is -2.22. The third kappa shape index (κ3) is 3.45. The molecule has 1 aromatic carbocycles. The summed E-state index contributed by atoms with van der Waals surface area (Å²) in [6.45, 7) is 2.75. The van der Waals surface area contributed by atoms with E-state index in [9.17, 15) is 13.2 Å². The molecule has 0 aliphatic heterocycles. The van der Waals surface area contributed by atoms with Crippen molar-refractivity contribution in [3.63, 3.8) is 0 Å². The van der Waals surface area contributed by atoms with E-state index in [-0.39, 0.29) is 5.75 Å². The number of sulfonamides is 1. The molecule has 94 valence electrons. The average molecular weight is 257 g/mol. The number of benzene rings is 1. The van der Waals surface area contributed by atoms with Crippen molar-refractivity contribution in [2.24, 2.45) is 0 Å². The number of carbonyl (C=O) groups is 1. The summed E-state index contributed by atoms with van der Waals surface area (Å²) in [5.41, 5.74) is 1.26. The molecule has 1 rings (SSSR count). The van der Waals surface area contributed by atoms with E-state index < -0.39 is 22.5 Å². The van der Waals surface area contributed by atoms with Gasteiger partial charge in [-0.1, -0.05) is 12.1 Å². The molecular weight excluding hydrogens is 242 g/mol. The van der Waals surface area contributed by atoms with Gasteiger partial charge >= 0.3 is 5.97 Å². The van der Waals surface area contributed by atoms with Crippen LogP contribution in [0.2, 0.25) is 0 Å². The quantitative estimate of drug-likeness (QED) is 0.861. The first-order valence-corrected chi connectivity index (χ1v) is 6.76. The predicted molar refractivity (Wildman–Crippen MR) is 65.6 cm³/mol. The van der Waals surface area contributed by atoms with Gasteiger partial charge < -0.3 is 5.11 Å². The molecule has 1 aromatic rings. The molecule has 0 amide bonds. The summed E-state index contributed by atoms with van der Waals surface area (Å²) in [6.07, 6.45) is 0. The van der Waals surface area contributed by atoms with Crippen molar-refractivity contribution in [2.75, 3.05) is 16.6 Å². The monoisotopic (exact) mass is 257 g/mol. The van der Waals surface area contributed by atoms with Crippen LogP contribution in [-0.2, 0) is 14.8 Å². The van der Waals surface area contributed by atoms with Crippen molar-refractivity contribution in [1.82, 2.24) is 0 Å². The lowest BCUT2D eigenvalue weighted by atomic mass is 10.2. The lowest BCUT2D eigenvalue weighted by molar-refractivity contribution is -0.135. The molecule has 0 radical (unpaired) electrons. The van der Waals surface area contributed by atoms with Gasteiger partial charge in [0.1, 0.15) is 6.54 Å². The van der Waals surface area contributed by atoms with Crippen molar-refractivity contribution < 1.29 is 18.3 Å². The highest BCUT2D eigenvalue weighted by Gasteiger charge is 2.22. The Balaban J connectivity index is 3.20. The Labute approximate surface area is 101 Å². The van der Waals surface area contributed by atoms with Gasteiger partial charge in [0.25, 0.3) is 0 Å². The summed E-state index contributed by atoms with van der Waals surface area (Å²) in [6, 6.07) is 6.75. The second-order valence-electron chi connectivity index (χ2n) is 3.64. The second-order valence-corrected chi connectivity index (χ2v) is 5.82. The molecule has 0 aliphatic rings. The van der Waals surface area contributed by atoms with Crippen LogP contribution in [0.25, 0.3) is 0 Å². The number of hydrogen-bond acceptors (Lipinski definition) is 3. The fraction of sp³-hybridized carbons (Fsp3) is 0.364. The van der Waals surface area contributed by atoms with Crippen LogP contribution in [0.3, 0.4) is 0 Å². The Hall–Kier alpha value is -1.56. The largest absolute Gasteiger partial charge is 0.480 e. The molecule has 0 heterocycles. The number of aryl methyl sites for hydroxylation is 1. The van der Waals surface area contributed by atoms with E-state index in [2.05, 4.69) is 0 Å². The predicted octanol–water partition coefficient (Wildman–Crippen LogP) is 1.24. The van der Waals surface area contributed by atoms with E-state index in [4.69, 9.17) is 5.11 Å². The van der Waals surface area contributed by atoms with Crippen LogP contribution in [0.1, 0.15) is 12.5 Å². The highest BCUT2D eigenvalue weighted by molar-refractivity contribution is 7.92. The summed E-state index contributed by atoms with van der Waals surface area (Å²) in [5, 5.41) is 8.77. The number of carboxylic acids is 1. The van der Waals surface area contributed by atoms with Crippen molar-refractivity contribution >= 4 is 21.7 Å². The minimum Gasteiger partial charge on any atom is -0.480 e. The Bertz CT molecular complexity index is 510. The smallest absolute Gasteiger partial charge is 0.324 e. The maximum Gasteiger partial charge on any atom is 0.324 e.